The van der Waals surface area contributed by atoms with Gasteiger partial charge < -0.3 is 10.1 Å². The molecule has 128 valence electrons. The van der Waals surface area contributed by atoms with Gasteiger partial charge in [-0.15, -0.1) is 10.2 Å². The topological polar surface area (TPSA) is 105 Å². The minimum atomic E-state index is -0.527. The van der Waals surface area contributed by atoms with Gasteiger partial charge in [0.1, 0.15) is 5.75 Å². The number of benzene rings is 1. The van der Waals surface area contributed by atoms with E-state index < -0.39 is 5.91 Å². The van der Waals surface area contributed by atoms with Gasteiger partial charge in [0.15, 0.2) is 4.34 Å². The monoisotopic (exact) mass is 387 g/mol. The van der Waals surface area contributed by atoms with Crippen molar-refractivity contribution in [1.29, 1.82) is 0 Å². The van der Waals surface area contributed by atoms with Crippen LogP contribution in [0.4, 0.5) is 5.13 Å². The number of rotatable bonds is 6. The molecule has 0 spiro atoms. The number of ether oxygens (including phenoxy) is 1. The minimum absolute atomic E-state index is 0.0886. The molecule has 0 atom stereocenters. The minimum Gasteiger partial charge on any atom is -0.496 e. The summed E-state index contributed by atoms with van der Waals surface area (Å²) in [6, 6.07) is 4.63. The lowest BCUT2D eigenvalue weighted by atomic mass is 10.2. The maximum Gasteiger partial charge on any atom is 0.273 e. The maximum absolute atomic E-state index is 12.1. The van der Waals surface area contributed by atoms with Crippen molar-refractivity contribution < 1.29 is 14.3 Å². The summed E-state index contributed by atoms with van der Waals surface area (Å²) in [5.41, 5.74) is 4.87. The van der Waals surface area contributed by atoms with Crippen molar-refractivity contribution in [1.82, 2.24) is 21.0 Å². The van der Waals surface area contributed by atoms with Crippen molar-refractivity contribution in [3.8, 4) is 5.75 Å². The average Bonchev–Trinajstić information content (AvgIpc) is 3.05. The van der Waals surface area contributed by atoms with Crippen LogP contribution in [0.3, 0.4) is 0 Å². The van der Waals surface area contributed by atoms with Crippen LogP contribution >= 0.6 is 34.7 Å². The van der Waals surface area contributed by atoms with E-state index in [-0.39, 0.29) is 17.2 Å². The highest BCUT2D eigenvalue weighted by Crippen LogP contribution is 2.25. The van der Waals surface area contributed by atoms with E-state index in [0.717, 1.165) is 0 Å². The lowest BCUT2D eigenvalue weighted by Gasteiger charge is -2.10. The Balaban J connectivity index is 1.85. The van der Waals surface area contributed by atoms with Crippen molar-refractivity contribution in [3.05, 3.63) is 28.8 Å². The summed E-state index contributed by atoms with van der Waals surface area (Å²) in [5.74, 6) is -0.462. The van der Waals surface area contributed by atoms with Gasteiger partial charge in [0.2, 0.25) is 11.0 Å². The molecule has 0 aliphatic heterocycles. The smallest absolute Gasteiger partial charge is 0.273 e. The van der Waals surface area contributed by atoms with E-state index in [1.165, 1.54) is 36.3 Å². The van der Waals surface area contributed by atoms with Crippen LogP contribution in [0.5, 0.6) is 5.75 Å². The van der Waals surface area contributed by atoms with Gasteiger partial charge in [0.05, 0.1) is 18.4 Å². The number of hydrogen-bond acceptors (Lipinski definition) is 8. The third kappa shape index (κ3) is 4.98. The number of carbonyl (C=O) groups is 2. The van der Waals surface area contributed by atoms with Gasteiger partial charge in [-0.05, 0) is 18.2 Å². The molecule has 1 heterocycles. The van der Waals surface area contributed by atoms with Gasteiger partial charge in [0.25, 0.3) is 5.91 Å². The molecule has 2 amide bonds. The van der Waals surface area contributed by atoms with Crippen molar-refractivity contribution in [2.45, 2.75) is 4.34 Å². The standard InChI is InChI=1S/C13H14ClN5O3S2/c1-15-12-18-19-13(24-12)23-6-10(20)16-17-11(21)8-5-7(14)3-4-9(8)22-2/h3-5H,6H2,1-2H3,(H,15,18)(H,16,20)(H,17,21). The van der Waals surface area contributed by atoms with Crippen LogP contribution in [-0.4, -0.2) is 41.9 Å². The van der Waals surface area contributed by atoms with E-state index in [0.29, 0.717) is 20.2 Å². The van der Waals surface area contributed by atoms with Crippen LogP contribution < -0.4 is 20.9 Å². The third-order valence-electron chi connectivity index (χ3n) is 2.67. The van der Waals surface area contributed by atoms with Gasteiger partial charge in [-0.3, -0.25) is 20.4 Å². The molecule has 11 heteroatoms. The summed E-state index contributed by atoms with van der Waals surface area (Å²) >= 11 is 8.42. The van der Waals surface area contributed by atoms with Crippen molar-refractivity contribution in [2.75, 3.05) is 25.2 Å². The number of halogens is 1. The summed E-state index contributed by atoms with van der Waals surface area (Å²) < 4.78 is 5.74. The fourth-order valence-corrected chi connectivity index (χ4v) is 3.26. The second-order valence-corrected chi connectivity index (χ2v) is 6.90. The Labute approximate surface area is 151 Å². The number of hydrogen-bond donors (Lipinski definition) is 3. The van der Waals surface area contributed by atoms with Crippen molar-refractivity contribution in [3.63, 3.8) is 0 Å². The van der Waals surface area contributed by atoms with E-state index in [1.54, 1.807) is 19.2 Å². The van der Waals surface area contributed by atoms with Crippen LogP contribution in [0.2, 0.25) is 5.02 Å². The number of nitrogens with zero attached hydrogens (tertiary/aromatic N) is 2. The first-order valence-electron chi connectivity index (χ1n) is 6.60. The number of anilines is 1. The second kappa shape index (κ2) is 8.71. The van der Waals surface area contributed by atoms with E-state index in [4.69, 9.17) is 16.3 Å². The molecule has 2 aromatic rings. The largest absolute Gasteiger partial charge is 0.496 e. The third-order valence-corrected chi connectivity index (χ3v) is 4.98. The Morgan fingerprint density at radius 3 is 2.79 bits per heavy atom. The molecule has 3 N–H and O–H groups in total. The van der Waals surface area contributed by atoms with E-state index in [2.05, 4.69) is 26.4 Å². The molecule has 0 aliphatic rings. The summed E-state index contributed by atoms with van der Waals surface area (Å²) in [5, 5.41) is 11.7. The Morgan fingerprint density at radius 1 is 1.33 bits per heavy atom. The van der Waals surface area contributed by atoms with Crippen molar-refractivity contribution >= 4 is 51.6 Å². The summed E-state index contributed by atoms with van der Waals surface area (Å²) in [6.45, 7) is 0. The molecule has 0 bridgehead atoms. The highest BCUT2D eigenvalue weighted by Gasteiger charge is 2.14. The number of amides is 2. The molecule has 0 saturated heterocycles. The number of methoxy groups -OCH3 is 1. The van der Waals surface area contributed by atoms with Crippen LogP contribution in [0, 0.1) is 0 Å². The van der Waals surface area contributed by atoms with Gasteiger partial charge in [0, 0.05) is 12.1 Å². The molecular weight excluding hydrogens is 374 g/mol. The summed E-state index contributed by atoms with van der Waals surface area (Å²) in [4.78, 5) is 23.9. The Bertz CT molecular complexity index is 740. The van der Waals surface area contributed by atoms with Gasteiger partial charge in [-0.1, -0.05) is 34.7 Å². The number of aromatic nitrogens is 2. The summed E-state index contributed by atoms with van der Waals surface area (Å²) in [7, 11) is 3.18. The Hall–Kier alpha value is -2.04. The maximum atomic E-state index is 12.1. The average molecular weight is 388 g/mol. The Morgan fingerprint density at radius 2 is 2.12 bits per heavy atom. The van der Waals surface area contributed by atoms with Gasteiger partial charge in [-0.25, -0.2) is 0 Å². The van der Waals surface area contributed by atoms with Crippen LogP contribution in [-0.2, 0) is 4.79 Å². The molecule has 0 fully saturated rings. The van der Waals surface area contributed by atoms with Crippen molar-refractivity contribution in [2.24, 2.45) is 0 Å². The first-order chi connectivity index (χ1) is 11.5. The molecule has 2 rings (SSSR count). The van der Waals surface area contributed by atoms with Crippen LogP contribution in [0.25, 0.3) is 0 Å². The van der Waals surface area contributed by atoms with Crippen LogP contribution in [0.15, 0.2) is 22.5 Å². The normalized spacial score (nSPS) is 10.1. The highest BCUT2D eigenvalue weighted by atomic mass is 35.5. The zero-order chi connectivity index (χ0) is 17.5. The predicted octanol–water partition coefficient (Wildman–Crippen LogP) is 1.80. The molecule has 0 unspecified atom stereocenters. The molecular formula is C13H14ClN5O3S2. The zero-order valence-corrected chi connectivity index (χ0v) is 15.1. The van der Waals surface area contributed by atoms with Crippen LogP contribution in [0.1, 0.15) is 10.4 Å². The molecule has 1 aromatic heterocycles. The highest BCUT2D eigenvalue weighted by molar-refractivity contribution is 8.01. The quantitative estimate of drug-likeness (QED) is 0.512. The number of hydrazine groups is 1. The molecule has 8 nitrogen and oxygen atoms in total. The van der Waals surface area contributed by atoms with Gasteiger partial charge >= 0.3 is 0 Å². The molecule has 0 radical (unpaired) electrons. The molecule has 1 aromatic carbocycles. The fourth-order valence-electron chi connectivity index (χ4n) is 1.58. The van der Waals surface area contributed by atoms with E-state index in [1.807, 2.05) is 0 Å². The lowest BCUT2D eigenvalue weighted by Crippen LogP contribution is -2.42. The van der Waals surface area contributed by atoms with E-state index in [9.17, 15) is 9.59 Å². The second-order valence-electron chi connectivity index (χ2n) is 4.26. The zero-order valence-electron chi connectivity index (χ0n) is 12.8. The number of thioether (sulfide) groups is 1. The first-order valence-corrected chi connectivity index (χ1v) is 8.78. The molecule has 0 aliphatic carbocycles. The predicted molar refractivity (Wildman–Crippen MR) is 93.8 cm³/mol. The Kier molecular flexibility index (Phi) is 6.64. The first kappa shape index (κ1) is 18.3. The number of nitrogens with one attached hydrogen (secondary N) is 3. The van der Waals surface area contributed by atoms with E-state index >= 15 is 0 Å². The lowest BCUT2D eigenvalue weighted by molar-refractivity contribution is -0.119. The molecule has 0 saturated carbocycles. The van der Waals surface area contributed by atoms with Gasteiger partial charge in [-0.2, -0.15) is 0 Å². The summed E-state index contributed by atoms with van der Waals surface area (Å²) in [6.07, 6.45) is 0. The fraction of sp³-hybridized carbons (Fsp3) is 0.231. The molecule has 24 heavy (non-hydrogen) atoms. The SMILES string of the molecule is CNc1nnc(SCC(=O)NNC(=O)c2cc(Cl)ccc2OC)s1. The number of carbonyl (C=O) groups excluding carboxylic acids is 2.